The summed E-state index contributed by atoms with van der Waals surface area (Å²) in [4.78, 5) is 0. The zero-order valence-electron chi connectivity index (χ0n) is 18.2. The van der Waals surface area contributed by atoms with Gasteiger partial charge in [0.2, 0.25) is 0 Å². The molecule has 30 heavy (non-hydrogen) atoms. The maximum atomic E-state index is 14.2. The van der Waals surface area contributed by atoms with Crippen LogP contribution in [0.5, 0.6) is 0 Å². The van der Waals surface area contributed by atoms with E-state index in [2.05, 4.69) is 12.7 Å². The van der Waals surface area contributed by atoms with Gasteiger partial charge in [0.15, 0.2) is 0 Å². The molecule has 1 aromatic rings. The standard InChI is InChI=1S/C26H36ClF2Si/c1-2-3-4-15-30-16-13-21(14-17-30)6-5-20-7-9-22(10-8-20)23-11-12-24(25(28)18-23)26(29)19-27/h2,11-12,18-22H,1,3-10,13-17H2. The first-order valence-corrected chi connectivity index (χ1v) is 14.4. The lowest BCUT2D eigenvalue weighted by Crippen LogP contribution is -2.22. The van der Waals surface area contributed by atoms with E-state index in [0.29, 0.717) is 5.92 Å². The first kappa shape index (κ1) is 23.7. The molecule has 0 amide bonds. The van der Waals surface area contributed by atoms with Crippen molar-refractivity contribution in [1.29, 1.82) is 0 Å². The highest BCUT2D eigenvalue weighted by Crippen LogP contribution is 2.40. The molecule has 4 heteroatoms. The Kier molecular flexibility index (Phi) is 9.64. The third-order valence-electron chi connectivity index (χ3n) is 7.40. The lowest BCUT2D eigenvalue weighted by molar-refractivity contribution is 0.280. The molecule has 1 aromatic carbocycles. The van der Waals surface area contributed by atoms with Crippen molar-refractivity contribution in [2.75, 3.05) is 0 Å². The van der Waals surface area contributed by atoms with Crippen LogP contribution < -0.4 is 0 Å². The molecule has 1 saturated heterocycles. The molecular weight excluding hydrogens is 414 g/mol. The van der Waals surface area contributed by atoms with Crippen molar-refractivity contribution in [3.05, 3.63) is 53.3 Å². The van der Waals surface area contributed by atoms with Crippen LogP contribution in [0.1, 0.15) is 81.3 Å². The van der Waals surface area contributed by atoms with Crippen LogP contribution in [0.2, 0.25) is 18.1 Å². The van der Waals surface area contributed by atoms with Crippen molar-refractivity contribution in [2.45, 2.75) is 88.3 Å². The minimum Gasteiger partial charge on any atom is -0.206 e. The van der Waals surface area contributed by atoms with Gasteiger partial charge in [-0.2, -0.15) is 0 Å². The third kappa shape index (κ3) is 6.78. The fraction of sp³-hybridized carbons (Fsp3) is 0.615. The molecule has 0 bridgehead atoms. The van der Waals surface area contributed by atoms with Gasteiger partial charge >= 0.3 is 0 Å². The Hall–Kier alpha value is -0.933. The topological polar surface area (TPSA) is 0 Å². The second-order valence-electron chi connectivity index (χ2n) is 9.37. The highest BCUT2D eigenvalue weighted by atomic mass is 35.5. The summed E-state index contributed by atoms with van der Waals surface area (Å²) in [5, 5.41) is 0. The molecular formula is C26H36ClF2Si. The molecule has 0 atom stereocenters. The summed E-state index contributed by atoms with van der Waals surface area (Å²) in [6.07, 6.45) is 15.1. The summed E-state index contributed by atoms with van der Waals surface area (Å²) in [5.41, 5.74) is 1.76. The maximum absolute atomic E-state index is 14.2. The van der Waals surface area contributed by atoms with E-state index in [9.17, 15) is 8.78 Å². The van der Waals surface area contributed by atoms with E-state index in [1.54, 1.807) is 0 Å². The minimum atomic E-state index is -0.711. The molecule has 2 aliphatic rings. The first-order valence-electron chi connectivity index (χ1n) is 11.8. The fourth-order valence-corrected chi connectivity index (χ4v) is 8.62. The van der Waals surface area contributed by atoms with Crippen LogP contribution in [-0.2, 0) is 0 Å². The smallest absolute Gasteiger partial charge is 0.144 e. The van der Waals surface area contributed by atoms with Crippen LogP contribution in [0.25, 0.3) is 5.83 Å². The van der Waals surface area contributed by atoms with Gasteiger partial charge < -0.3 is 0 Å². The Bertz CT molecular complexity index is 701. The molecule has 0 nitrogen and oxygen atoms in total. The van der Waals surface area contributed by atoms with E-state index in [-0.39, 0.29) is 14.4 Å². The van der Waals surface area contributed by atoms with E-state index >= 15 is 0 Å². The molecule has 0 N–H and O–H groups in total. The summed E-state index contributed by atoms with van der Waals surface area (Å²) in [7, 11) is -0.0591. The van der Waals surface area contributed by atoms with Gasteiger partial charge in [-0.1, -0.05) is 74.0 Å². The van der Waals surface area contributed by atoms with Crippen LogP contribution >= 0.6 is 11.6 Å². The predicted molar refractivity (Wildman–Crippen MR) is 128 cm³/mol. The van der Waals surface area contributed by atoms with E-state index < -0.39 is 11.6 Å². The zero-order valence-corrected chi connectivity index (χ0v) is 19.9. The lowest BCUT2D eigenvalue weighted by atomic mass is 9.76. The van der Waals surface area contributed by atoms with Gasteiger partial charge in [-0.3, -0.25) is 0 Å². The Morgan fingerprint density at radius 1 is 1.07 bits per heavy atom. The highest BCUT2D eigenvalue weighted by molar-refractivity contribution is 6.58. The average Bonchev–Trinajstić information content (AvgIpc) is 2.78. The van der Waals surface area contributed by atoms with Crippen molar-refractivity contribution >= 4 is 26.2 Å². The van der Waals surface area contributed by atoms with Gasteiger partial charge in [0.25, 0.3) is 0 Å². The molecule has 0 unspecified atom stereocenters. The number of allylic oxidation sites excluding steroid dienone is 1. The summed E-state index contributed by atoms with van der Waals surface area (Å²) >= 11 is 5.38. The van der Waals surface area contributed by atoms with Gasteiger partial charge in [0.1, 0.15) is 11.6 Å². The van der Waals surface area contributed by atoms with Crippen LogP contribution in [0.3, 0.4) is 0 Å². The number of unbranched alkanes of at least 4 members (excludes halogenated alkanes) is 1. The summed E-state index contributed by atoms with van der Waals surface area (Å²) in [5.74, 6) is 0.982. The molecule has 2 fully saturated rings. The SMILES string of the molecule is C=CCCC[Si]1CCC(CCC2CCC(c3ccc(C(F)=CCl)c(F)c3)CC2)CC1. The summed E-state index contributed by atoms with van der Waals surface area (Å²) in [6, 6.07) is 9.46. The largest absolute Gasteiger partial charge is 0.206 e. The molecule has 0 aromatic heterocycles. The summed E-state index contributed by atoms with van der Waals surface area (Å²) in [6.45, 7) is 3.84. The van der Waals surface area contributed by atoms with E-state index in [4.69, 9.17) is 11.6 Å². The molecule has 1 aliphatic carbocycles. The number of hydrogen-bond donors (Lipinski definition) is 0. The lowest BCUT2D eigenvalue weighted by Gasteiger charge is -2.32. The molecule has 165 valence electrons. The van der Waals surface area contributed by atoms with Gasteiger partial charge in [-0.05, 0) is 67.6 Å². The molecule has 1 radical (unpaired) electrons. The molecule has 0 spiro atoms. The Balaban J connectivity index is 1.37. The van der Waals surface area contributed by atoms with E-state index in [1.807, 2.05) is 6.07 Å². The van der Waals surface area contributed by atoms with Crippen molar-refractivity contribution in [3.63, 3.8) is 0 Å². The van der Waals surface area contributed by atoms with Crippen LogP contribution in [0.4, 0.5) is 8.78 Å². The Morgan fingerprint density at radius 3 is 2.33 bits per heavy atom. The maximum Gasteiger partial charge on any atom is 0.144 e. The minimum absolute atomic E-state index is 0.0416. The average molecular weight is 450 g/mol. The van der Waals surface area contributed by atoms with Crippen molar-refractivity contribution in [1.82, 2.24) is 0 Å². The van der Waals surface area contributed by atoms with Gasteiger partial charge in [-0.15, -0.1) is 6.58 Å². The Labute approximate surface area is 188 Å². The quantitative estimate of drug-likeness (QED) is 0.200. The second-order valence-corrected chi connectivity index (χ2v) is 12.6. The van der Waals surface area contributed by atoms with E-state index in [0.717, 1.165) is 35.8 Å². The van der Waals surface area contributed by atoms with Crippen molar-refractivity contribution in [2.24, 2.45) is 11.8 Å². The van der Waals surface area contributed by atoms with Gasteiger partial charge in [0.05, 0.1) is 0 Å². The normalized spacial score (nSPS) is 24.2. The van der Waals surface area contributed by atoms with Crippen LogP contribution in [0, 0.1) is 17.7 Å². The van der Waals surface area contributed by atoms with Crippen LogP contribution in [-0.4, -0.2) is 8.80 Å². The van der Waals surface area contributed by atoms with E-state index in [1.165, 1.54) is 81.6 Å². The summed E-state index contributed by atoms with van der Waals surface area (Å²) < 4.78 is 27.8. The zero-order chi connectivity index (χ0) is 21.3. The van der Waals surface area contributed by atoms with Gasteiger partial charge in [0, 0.05) is 19.9 Å². The van der Waals surface area contributed by atoms with Crippen molar-refractivity contribution < 1.29 is 8.78 Å². The number of hydrogen-bond acceptors (Lipinski definition) is 0. The Morgan fingerprint density at radius 2 is 1.73 bits per heavy atom. The number of rotatable bonds is 9. The molecule has 1 heterocycles. The molecule has 3 rings (SSSR count). The fourth-order valence-electron chi connectivity index (χ4n) is 5.41. The molecule has 1 aliphatic heterocycles. The third-order valence-corrected chi connectivity index (χ3v) is 10.6. The molecule has 1 saturated carbocycles. The highest BCUT2D eigenvalue weighted by Gasteiger charge is 2.26. The van der Waals surface area contributed by atoms with Crippen molar-refractivity contribution in [3.8, 4) is 0 Å². The first-order chi connectivity index (χ1) is 14.6. The predicted octanol–water partition coefficient (Wildman–Crippen LogP) is 9.26. The number of benzene rings is 1. The van der Waals surface area contributed by atoms with Crippen LogP contribution in [0.15, 0.2) is 36.4 Å². The van der Waals surface area contributed by atoms with Gasteiger partial charge in [-0.25, -0.2) is 8.78 Å². The monoisotopic (exact) mass is 449 g/mol. The second kappa shape index (κ2) is 12.2. The number of halogens is 3.